The van der Waals surface area contributed by atoms with E-state index in [4.69, 9.17) is 10.3 Å². The van der Waals surface area contributed by atoms with Crippen LogP contribution in [0.25, 0.3) is 10.8 Å². The number of fused-ring (bicyclic) bond motifs is 1. The molecule has 18 nitrogen and oxygen atoms in total. The Hall–Kier alpha value is -4.42. The summed E-state index contributed by atoms with van der Waals surface area (Å²) in [6, 6.07) is 9.54. The number of azo groups is 2. The number of phenols is 1. The van der Waals surface area contributed by atoms with Crippen LogP contribution in [-0.4, -0.2) is 57.0 Å². The lowest BCUT2D eigenvalue weighted by Gasteiger charge is -2.14. The van der Waals surface area contributed by atoms with E-state index in [0.29, 0.717) is 12.1 Å². The fourth-order valence-corrected chi connectivity index (χ4v) is 6.04. The van der Waals surface area contributed by atoms with Crippen LogP contribution in [0.2, 0.25) is 0 Å². The Morgan fingerprint density at radius 1 is 0.545 bits per heavy atom. The Balaban J connectivity index is 1.97. The van der Waals surface area contributed by atoms with Gasteiger partial charge in [0.25, 0.3) is 40.5 Å². The summed E-state index contributed by atoms with van der Waals surface area (Å²) < 4.78 is 132. The van der Waals surface area contributed by atoms with E-state index in [0.717, 1.165) is 36.4 Å². The highest BCUT2D eigenvalue weighted by Gasteiger charge is 2.28. The third kappa shape index (κ3) is 6.87. The second-order valence-corrected chi connectivity index (χ2v) is 14.2. The number of rotatable bonds is 8. The molecule has 44 heavy (non-hydrogen) atoms. The van der Waals surface area contributed by atoms with Crippen molar-refractivity contribution in [3.05, 3.63) is 60.7 Å². The third-order valence-corrected chi connectivity index (χ3v) is 9.10. The number of benzene rings is 4. The molecular weight excluding hydrogens is 671 g/mol. The summed E-state index contributed by atoms with van der Waals surface area (Å²) in [7, 11) is -19.6. The lowest BCUT2D eigenvalue weighted by Crippen LogP contribution is -2.03. The normalized spacial score (nSPS) is 13.3. The van der Waals surface area contributed by atoms with Gasteiger partial charge in [-0.05, 0) is 60.0 Å². The van der Waals surface area contributed by atoms with Crippen LogP contribution in [0.4, 0.5) is 28.4 Å². The average molecular weight is 688 g/mol. The molecule has 232 valence electrons. The summed E-state index contributed by atoms with van der Waals surface area (Å²) in [6.07, 6.45) is 0. The lowest BCUT2D eigenvalue weighted by molar-refractivity contribution is 0.472. The number of nitrogens with two attached hydrogens (primary N) is 1. The molecule has 0 unspecified atom stereocenters. The predicted octanol–water partition coefficient (Wildman–Crippen LogP) is 3.95. The summed E-state index contributed by atoms with van der Waals surface area (Å²) in [5.41, 5.74) is 3.32. The van der Waals surface area contributed by atoms with Crippen LogP contribution in [-0.2, 0) is 40.5 Å². The van der Waals surface area contributed by atoms with Crippen molar-refractivity contribution in [1.29, 1.82) is 0 Å². The van der Waals surface area contributed by atoms with Crippen molar-refractivity contribution in [1.82, 2.24) is 0 Å². The minimum atomic E-state index is -5.20. The van der Waals surface area contributed by atoms with Gasteiger partial charge >= 0.3 is 0 Å². The molecule has 0 heterocycles. The Morgan fingerprint density at radius 3 is 1.57 bits per heavy atom. The first-order valence-corrected chi connectivity index (χ1v) is 17.0. The van der Waals surface area contributed by atoms with Crippen molar-refractivity contribution in [2.45, 2.75) is 19.6 Å². The zero-order valence-corrected chi connectivity index (χ0v) is 24.5. The maximum absolute atomic E-state index is 12.2. The third-order valence-electron chi connectivity index (χ3n) is 5.65. The van der Waals surface area contributed by atoms with Crippen LogP contribution in [0.15, 0.2) is 101 Å². The second kappa shape index (κ2) is 11.3. The fourth-order valence-electron chi connectivity index (χ4n) is 3.71. The number of hydrogen-bond acceptors (Lipinski definition) is 14. The highest BCUT2D eigenvalue weighted by atomic mass is 32.2. The van der Waals surface area contributed by atoms with E-state index < -0.39 is 93.6 Å². The number of nitrogens with zero attached hydrogens (tertiary/aromatic N) is 4. The largest absolute Gasteiger partial charge is 0.505 e. The smallest absolute Gasteiger partial charge is 0.296 e. The van der Waals surface area contributed by atoms with Gasteiger partial charge in [0.15, 0.2) is 5.75 Å². The average Bonchev–Trinajstić information content (AvgIpc) is 2.90. The van der Waals surface area contributed by atoms with Crippen molar-refractivity contribution in [3.8, 4) is 5.75 Å². The quantitative estimate of drug-likeness (QED) is 0.0868. The van der Waals surface area contributed by atoms with Crippen molar-refractivity contribution in [2.75, 3.05) is 5.73 Å². The number of phenolic OH excluding ortho intramolecular Hbond substituents is 1. The zero-order valence-electron chi connectivity index (χ0n) is 21.3. The molecular formula is C22H17N5O13S4. The molecule has 7 N–H and O–H groups in total. The van der Waals surface area contributed by atoms with Gasteiger partial charge in [0, 0.05) is 0 Å². The van der Waals surface area contributed by atoms with Crippen LogP contribution in [0, 0.1) is 0 Å². The highest BCUT2D eigenvalue weighted by molar-refractivity contribution is 7.86. The number of hydrogen-bond donors (Lipinski definition) is 6. The van der Waals surface area contributed by atoms with Crippen molar-refractivity contribution >= 4 is 79.7 Å². The van der Waals surface area contributed by atoms with Gasteiger partial charge in [-0.25, -0.2) is 0 Å². The molecule has 0 aromatic heterocycles. The first-order valence-electron chi connectivity index (χ1n) is 11.2. The van der Waals surface area contributed by atoms with E-state index in [-0.39, 0.29) is 11.4 Å². The van der Waals surface area contributed by atoms with Gasteiger partial charge in [-0.2, -0.15) is 43.9 Å². The molecule has 0 amide bonds. The van der Waals surface area contributed by atoms with Crippen molar-refractivity contribution in [2.24, 2.45) is 20.5 Å². The Labute approximate surface area is 248 Å². The number of aromatic hydroxyl groups is 1. The molecule has 0 saturated carbocycles. The second-order valence-electron chi connectivity index (χ2n) is 8.60. The first-order chi connectivity index (χ1) is 20.2. The summed E-state index contributed by atoms with van der Waals surface area (Å²) >= 11 is 0. The summed E-state index contributed by atoms with van der Waals surface area (Å²) in [5.74, 6) is -1.07. The van der Waals surface area contributed by atoms with Gasteiger partial charge < -0.3 is 10.8 Å². The topological polar surface area (TPSA) is 313 Å². The van der Waals surface area contributed by atoms with Gasteiger partial charge in [0.2, 0.25) is 0 Å². The zero-order chi connectivity index (χ0) is 32.8. The van der Waals surface area contributed by atoms with Gasteiger partial charge in [0.1, 0.15) is 21.2 Å². The summed E-state index contributed by atoms with van der Waals surface area (Å²) in [5, 5.41) is 24.7. The highest BCUT2D eigenvalue weighted by Crippen LogP contribution is 2.48. The van der Waals surface area contributed by atoms with Gasteiger partial charge in [-0.3, -0.25) is 18.2 Å². The molecule has 4 rings (SSSR count). The van der Waals surface area contributed by atoms with E-state index in [1.165, 1.54) is 12.1 Å². The Kier molecular flexibility index (Phi) is 8.31. The Morgan fingerprint density at radius 2 is 1.05 bits per heavy atom. The van der Waals surface area contributed by atoms with E-state index in [1.807, 2.05) is 0 Å². The number of nitrogen functional groups attached to an aromatic ring is 1. The molecule has 4 aromatic rings. The van der Waals surface area contributed by atoms with Crippen molar-refractivity contribution < 1.29 is 57.0 Å². The van der Waals surface area contributed by atoms with Gasteiger partial charge in [-0.1, -0.05) is 6.07 Å². The predicted molar refractivity (Wildman–Crippen MR) is 151 cm³/mol. The molecule has 0 atom stereocenters. The van der Waals surface area contributed by atoms with Gasteiger partial charge in [-0.15, -0.1) is 10.2 Å². The van der Waals surface area contributed by atoms with E-state index in [2.05, 4.69) is 20.5 Å². The fraction of sp³-hybridized carbons (Fsp3) is 0. The molecule has 0 aliphatic rings. The molecule has 0 spiro atoms. The standard InChI is InChI=1S/C22H17N5O13S4/c23-19-18-11(8-16(43(35,36)37)20(19)26-25-13-2-1-3-15(10-13)42(32,33)34)9-17(44(38,39)40)21(22(18)28)27-24-12-4-6-14(7-5-12)41(29,30)31/h1-10,28H,23H2,(H,29,30,31)(H,32,33,34)(H,35,36,37)(H,38,39,40). The number of anilines is 1. The van der Waals surface area contributed by atoms with Crippen LogP contribution in [0.5, 0.6) is 5.75 Å². The lowest BCUT2D eigenvalue weighted by atomic mass is 10.1. The van der Waals surface area contributed by atoms with E-state index in [9.17, 15) is 52.4 Å². The van der Waals surface area contributed by atoms with E-state index in [1.54, 1.807) is 0 Å². The monoisotopic (exact) mass is 687 g/mol. The van der Waals surface area contributed by atoms with Crippen LogP contribution >= 0.6 is 0 Å². The van der Waals surface area contributed by atoms with Crippen LogP contribution < -0.4 is 5.73 Å². The van der Waals surface area contributed by atoms with Crippen molar-refractivity contribution in [3.63, 3.8) is 0 Å². The first kappa shape index (κ1) is 32.5. The Bertz CT molecular complexity index is 2340. The maximum atomic E-state index is 12.2. The van der Waals surface area contributed by atoms with Crippen LogP contribution in [0.1, 0.15) is 0 Å². The van der Waals surface area contributed by atoms with Crippen LogP contribution in [0.3, 0.4) is 0 Å². The minimum absolute atomic E-state index is 0.116. The molecule has 0 bridgehead atoms. The molecule has 0 aliphatic carbocycles. The molecule has 0 radical (unpaired) electrons. The summed E-state index contributed by atoms with van der Waals surface area (Å²) in [4.78, 5) is -3.21. The molecule has 0 fully saturated rings. The SMILES string of the molecule is Nc1c(N=Nc2cccc(S(=O)(=O)O)c2)c(S(=O)(=O)O)cc2cc(S(=O)(=O)O)c(N=Nc3ccc(S(=O)(=O)O)cc3)c(O)c12. The summed E-state index contributed by atoms with van der Waals surface area (Å²) in [6.45, 7) is 0. The minimum Gasteiger partial charge on any atom is -0.505 e. The maximum Gasteiger partial charge on any atom is 0.296 e. The van der Waals surface area contributed by atoms with Gasteiger partial charge in [0.05, 0.1) is 32.2 Å². The van der Waals surface area contributed by atoms with E-state index >= 15 is 0 Å². The molecule has 4 aromatic carbocycles. The molecule has 22 heteroatoms. The molecule has 0 saturated heterocycles. The molecule has 0 aliphatic heterocycles.